The molecule has 0 radical (unpaired) electrons. The van der Waals surface area contributed by atoms with Crippen LogP contribution in [-0.2, 0) is 0 Å². The number of terminal acetylenes is 1. The number of non-ortho nitro benzene ring substituents is 1. The number of benzene rings is 1. The molecule has 0 spiro atoms. The molecule has 0 heterocycles. The minimum Gasteiger partial charge on any atom is -0.349 e. The third kappa shape index (κ3) is 3.28. The number of halogens is 1. The molecule has 1 aromatic carbocycles. The van der Waals surface area contributed by atoms with Crippen LogP contribution in [0.1, 0.15) is 23.7 Å². The van der Waals surface area contributed by atoms with E-state index in [1.807, 2.05) is 0 Å². The second kappa shape index (κ2) is 5.77. The molecule has 0 aliphatic rings. The summed E-state index contributed by atoms with van der Waals surface area (Å²) in [6, 6.07) is 2.45. The Bertz CT molecular complexity index is 523. The Morgan fingerprint density at radius 3 is 2.89 bits per heavy atom. The molecule has 1 amide bonds. The van der Waals surface area contributed by atoms with Crippen molar-refractivity contribution in [2.45, 2.75) is 19.4 Å². The predicted octanol–water partition coefficient (Wildman–Crippen LogP) is 1.88. The largest absolute Gasteiger partial charge is 0.349 e. The summed E-state index contributed by atoms with van der Waals surface area (Å²) in [6.45, 7) is 1.66. The lowest BCUT2D eigenvalue weighted by atomic mass is 10.1. The van der Waals surface area contributed by atoms with E-state index in [1.165, 1.54) is 0 Å². The molecule has 0 bridgehead atoms. The molecule has 0 saturated heterocycles. The molecule has 0 fully saturated rings. The Morgan fingerprint density at radius 1 is 1.67 bits per heavy atom. The van der Waals surface area contributed by atoms with Gasteiger partial charge in [-0.1, -0.05) is 0 Å². The minimum absolute atomic E-state index is 0.294. The van der Waals surface area contributed by atoms with Gasteiger partial charge in [0.25, 0.3) is 11.6 Å². The highest BCUT2D eigenvalue weighted by molar-refractivity contribution is 5.95. The third-order valence-electron chi connectivity index (χ3n) is 2.21. The van der Waals surface area contributed by atoms with E-state index in [0.717, 1.165) is 18.2 Å². The van der Waals surface area contributed by atoms with E-state index in [4.69, 9.17) is 6.42 Å². The fourth-order valence-electron chi connectivity index (χ4n) is 1.33. The third-order valence-corrected chi connectivity index (χ3v) is 2.21. The fourth-order valence-corrected chi connectivity index (χ4v) is 1.33. The van der Waals surface area contributed by atoms with Gasteiger partial charge >= 0.3 is 0 Å². The first-order chi connectivity index (χ1) is 8.45. The number of nitrogens with zero attached hydrogens (tertiary/aromatic N) is 1. The summed E-state index contributed by atoms with van der Waals surface area (Å²) in [5, 5.41) is 13.0. The van der Waals surface area contributed by atoms with E-state index >= 15 is 0 Å². The van der Waals surface area contributed by atoms with E-state index < -0.39 is 16.6 Å². The minimum atomic E-state index is -0.814. The number of amides is 1. The zero-order valence-electron chi connectivity index (χ0n) is 9.64. The van der Waals surface area contributed by atoms with Crippen molar-refractivity contribution in [2.75, 3.05) is 0 Å². The van der Waals surface area contributed by atoms with Crippen LogP contribution in [0, 0.1) is 28.3 Å². The van der Waals surface area contributed by atoms with Crippen LogP contribution in [0.5, 0.6) is 0 Å². The number of nitro groups is 1. The summed E-state index contributed by atoms with van der Waals surface area (Å²) in [6.07, 6.45) is 5.37. The smallest absolute Gasteiger partial charge is 0.270 e. The van der Waals surface area contributed by atoms with Gasteiger partial charge in [-0.15, -0.1) is 12.3 Å². The molecular weight excluding hydrogens is 239 g/mol. The van der Waals surface area contributed by atoms with Crippen molar-refractivity contribution >= 4 is 11.6 Å². The van der Waals surface area contributed by atoms with E-state index in [9.17, 15) is 19.3 Å². The SMILES string of the molecule is C#CCC(C)NC(=O)c1cc([N+](=O)[O-])ccc1F. The Kier molecular flexibility index (Phi) is 4.38. The van der Waals surface area contributed by atoms with Crippen molar-refractivity contribution in [1.29, 1.82) is 0 Å². The topological polar surface area (TPSA) is 72.2 Å². The first-order valence-corrected chi connectivity index (χ1v) is 5.14. The number of hydrogen-bond donors (Lipinski definition) is 1. The summed E-state index contributed by atoms with van der Waals surface area (Å²) in [4.78, 5) is 21.5. The van der Waals surface area contributed by atoms with Gasteiger partial charge in [-0.2, -0.15) is 0 Å². The maximum absolute atomic E-state index is 13.4. The Balaban J connectivity index is 2.95. The van der Waals surface area contributed by atoms with Crippen LogP contribution in [0.15, 0.2) is 18.2 Å². The standard InChI is InChI=1S/C12H11FN2O3/c1-3-4-8(2)14-12(16)10-7-9(15(17)18)5-6-11(10)13/h1,5-8H,4H2,2H3,(H,14,16). The molecule has 1 N–H and O–H groups in total. The monoisotopic (exact) mass is 250 g/mol. The highest BCUT2D eigenvalue weighted by Gasteiger charge is 2.17. The molecule has 5 nitrogen and oxygen atoms in total. The Morgan fingerprint density at radius 2 is 2.33 bits per heavy atom. The molecule has 0 saturated carbocycles. The average molecular weight is 250 g/mol. The number of nitro benzene ring substituents is 1. The molecule has 0 aliphatic carbocycles. The van der Waals surface area contributed by atoms with Gasteiger partial charge in [0.05, 0.1) is 10.5 Å². The zero-order valence-corrected chi connectivity index (χ0v) is 9.64. The van der Waals surface area contributed by atoms with Crippen LogP contribution in [0.25, 0.3) is 0 Å². The first kappa shape index (κ1) is 13.6. The predicted molar refractivity (Wildman–Crippen MR) is 63.4 cm³/mol. The van der Waals surface area contributed by atoms with Crippen LogP contribution < -0.4 is 5.32 Å². The van der Waals surface area contributed by atoms with E-state index in [-0.39, 0.29) is 17.3 Å². The number of carbonyl (C=O) groups is 1. The number of nitrogens with one attached hydrogen (secondary N) is 1. The summed E-state index contributed by atoms with van der Waals surface area (Å²) in [7, 11) is 0. The molecule has 6 heteroatoms. The molecule has 0 aromatic heterocycles. The molecule has 1 rings (SSSR count). The van der Waals surface area contributed by atoms with Gasteiger partial charge in [0.2, 0.25) is 0 Å². The quantitative estimate of drug-likeness (QED) is 0.503. The van der Waals surface area contributed by atoms with Gasteiger partial charge < -0.3 is 5.32 Å². The molecule has 94 valence electrons. The van der Waals surface area contributed by atoms with Gasteiger partial charge in [-0.25, -0.2) is 4.39 Å². The zero-order chi connectivity index (χ0) is 13.7. The summed E-state index contributed by atoms with van der Waals surface area (Å²) >= 11 is 0. The lowest BCUT2D eigenvalue weighted by Crippen LogP contribution is -2.32. The second-order valence-electron chi connectivity index (χ2n) is 3.70. The maximum atomic E-state index is 13.4. The molecule has 1 unspecified atom stereocenters. The van der Waals surface area contributed by atoms with Crippen LogP contribution in [0.2, 0.25) is 0 Å². The Labute approximate surface area is 103 Å². The van der Waals surface area contributed by atoms with Crippen LogP contribution in [-0.4, -0.2) is 16.9 Å². The van der Waals surface area contributed by atoms with Gasteiger partial charge in [0.1, 0.15) is 5.82 Å². The first-order valence-electron chi connectivity index (χ1n) is 5.14. The van der Waals surface area contributed by atoms with Crippen molar-refractivity contribution in [2.24, 2.45) is 0 Å². The van der Waals surface area contributed by atoms with Crippen molar-refractivity contribution in [3.8, 4) is 12.3 Å². The van der Waals surface area contributed by atoms with Crippen molar-refractivity contribution in [3.63, 3.8) is 0 Å². The maximum Gasteiger partial charge on any atom is 0.270 e. The number of hydrogen-bond acceptors (Lipinski definition) is 3. The lowest BCUT2D eigenvalue weighted by Gasteiger charge is -2.11. The molecule has 1 atom stereocenters. The van der Waals surface area contributed by atoms with Gasteiger partial charge in [0.15, 0.2) is 0 Å². The average Bonchev–Trinajstić information content (AvgIpc) is 2.29. The molecule has 18 heavy (non-hydrogen) atoms. The van der Waals surface area contributed by atoms with Gasteiger partial charge in [0, 0.05) is 24.6 Å². The molecule has 1 aromatic rings. The second-order valence-corrected chi connectivity index (χ2v) is 3.70. The highest BCUT2D eigenvalue weighted by Crippen LogP contribution is 2.16. The van der Waals surface area contributed by atoms with Crippen molar-refractivity contribution in [3.05, 3.63) is 39.7 Å². The normalized spacial score (nSPS) is 11.4. The molecule has 0 aliphatic heterocycles. The fraction of sp³-hybridized carbons (Fsp3) is 0.250. The van der Waals surface area contributed by atoms with Gasteiger partial charge in [-0.05, 0) is 13.0 Å². The van der Waals surface area contributed by atoms with Crippen LogP contribution in [0.3, 0.4) is 0 Å². The summed E-state index contributed by atoms with van der Waals surface area (Å²) in [5.74, 6) is 0.815. The summed E-state index contributed by atoms with van der Waals surface area (Å²) < 4.78 is 13.4. The lowest BCUT2D eigenvalue weighted by molar-refractivity contribution is -0.384. The van der Waals surface area contributed by atoms with E-state index in [1.54, 1.807) is 6.92 Å². The van der Waals surface area contributed by atoms with Crippen LogP contribution in [0.4, 0.5) is 10.1 Å². The number of carbonyl (C=O) groups excluding carboxylic acids is 1. The highest BCUT2D eigenvalue weighted by atomic mass is 19.1. The van der Waals surface area contributed by atoms with Crippen molar-refractivity contribution < 1.29 is 14.1 Å². The molecular formula is C12H11FN2O3. The Hall–Kier alpha value is -2.42. The van der Waals surface area contributed by atoms with E-state index in [0.29, 0.717) is 6.42 Å². The van der Waals surface area contributed by atoms with E-state index in [2.05, 4.69) is 11.2 Å². The summed E-state index contributed by atoms with van der Waals surface area (Å²) in [5.41, 5.74) is -0.709. The number of rotatable bonds is 4. The van der Waals surface area contributed by atoms with Crippen molar-refractivity contribution in [1.82, 2.24) is 5.32 Å². The van der Waals surface area contributed by atoms with Crippen LogP contribution >= 0.6 is 0 Å². The van der Waals surface area contributed by atoms with Gasteiger partial charge in [-0.3, -0.25) is 14.9 Å².